The molecule has 0 spiro atoms. The monoisotopic (exact) mass is 392 g/mol. The Bertz CT molecular complexity index is 688. The number of furan rings is 1. The normalized spacial score (nSPS) is 10.5. The molecule has 2 aromatic rings. The minimum atomic E-state index is -0.497. The topological polar surface area (TPSA) is 77.5 Å². The average molecular weight is 394 g/mol. The van der Waals surface area contributed by atoms with Crippen molar-refractivity contribution < 1.29 is 13.9 Å². The number of ether oxygens (including phenoxy) is 1. The summed E-state index contributed by atoms with van der Waals surface area (Å²) in [7, 11) is 0. The molecule has 0 bridgehead atoms. The zero-order valence-corrected chi connectivity index (χ0v) is 14.0. The molecular weight excluding hydrogens is 383 g/mol. The van der Waals surface area contributed by atoms with Gasteiger partial charge in [-0.1, -0.05) is 23.2 Å². The molecule has 1 heterocycles. The van der Waals surface area contributed by atoms with Gasteiger partial charge in [-0.3, -0.25) is 10.2 Å². The Morgan fingerprint density at radius 3 is 2.76 bits per heavy atom. The van der Waals surface area contributed by atoms with Crippen LogP contribution in [0.2, 0.25) is 10.0 Å². The third-order valence-electron chi connectivity index (χ3n) is 2.65. The summed E-state index contributed by atoms with van der Waals surface area (Å²) in [6, 6.07) is 4.93. The third-order valence-corrected chi connectivity index (χ3v) is 4.14. The van der Waals surface area contributed by atoms with E-state index in [2.05, 4.69) is 15.9 Å². The molecular formula is C13H11BrCl2N2O3. The number of rotatable bonds is 4. The SMILES string of the molecule is Cc1cc(COc2cc(Cl)c(Br)cc2Cl)oc1C(=O)NN. The number of amides is 1. The first-order chi connectivity index (χ1) is 9.92. The van der Waals surface area contributed by atoms with Gasteiger partial charge in [-0.2, -0.15) is 0 Å². The molecule has 0 fully saturated rings. The first kappa shape index (κ1) is 16.2. The Morgan fingerprint density at radius 2 is 2.10 bits per heavy atom. The zero-order valence-electron chi connectivity index (χ0n) is 10.9. The van der Waals surface area contributed by atoms with Gasteiger partial charge >= 0.3 is 5.91 Å². The van der Waals surface area contributed by atoms with Crippen LogP contribution in [0.4, 0.5) is 0 Å². The van der Waals surface area contributed by atoms with E-state index in [1.807, 2.05) is 5.43 Å². The van der Waals surface area contributed by atoms with E-state index in [0.717, 1.165) is 0 Å². The maximum absolute atomic E-state index is 11.4. The lowest BCUT2D eigenvalue weighted by Crippen LogP contribution is -2.30. The third kappa shape index (κ3) is 3.71. The predicted octanol–water partition coefficient (Wildman–Crippen LogP) is 3.84. The van der Waals surface area contributed by atoms with Crippen molar-refractivity contribution in [1.29, 1.82) is 0 Å². The van der Waals surface area contributed by atoms with Gasteiger partial charge in [0.1, 0.15) is 18.1 Å². The molecule has 5 nitrogen and oxygen atoms in total. The summed E-state index contributed by atoms with van der Waals surface area (Å²) in [5.41, 5.74) is 2.68. The summed E-state index contributed by atoms with van der Waals surface area (Å²) in [6.45, 7) is 1.84. The number of aryl methyl sites for hydroxylation is 1. The average Bonchev–Trinajstić information content (AvgIpc) is 2.81. The van der Waals surface area contributed by atoms with Crippen LogP contribution in [0.5, 0.6) is 5.75 Å². The van der Waals surface area contributed by atoms with Crippen molar-refractivity contribution in [2.24, 2.45) is 5.84 Å². The molecule has 2 rings (SSSR count). The van der Waals surface area contributed by atoms with Gasteiger partial charge < -0.3 is 9.15 Å². The lowest BCUT2D eigenvalue weighted by molar-refractivity contribution is 0.0921. The molecule has 112 valence electrons. The second-order valence-corrected chi connectivity index (χ2v) is 5.85. The number of halogens is 3. The van der Waals surface area contributed by atoms with Crippen molar-refractivity contribution in [1.82, 2.24) is 5.43 Å². The Kier molecular flexibility index (Phi) is 5.16. The second kappa shape index (κ2) is 6.70. The van der Waals surface area contributed by atoms with Gasteiger partial charge in [-0.15, -0.1) is 0 Å². The Hall–Kier alpha value is -1.21. The summed E-state index contributed by atoms with van der Waals surface area (Å²) in [6.07, 6.45) is 0. The fourth-order valence-electron chi connectivity index (χ4n) is 1.67. The van der Waals surface area contributed by atoms with Crippen molar-refractivity contribution in [3.05, 3.63) is 49.8 Å². The molecule has 1 aromatic heterocycles. The lowest BCUT2D eigenvalue weighted by atomic mass is 10.2. The molecule has 0 aliphatic heterocycles. The maximum Gasteiger partial charge on any atom is 0.301 e. The molecule has 0 unspecified atom stereocenters. The summed E-state index contributed by atoms with van der Waals surface area (Å²) in [5, 5.41) is 0.891. The van der Waals surface area contributed by atoms with E-state index in [-0.39, 0.29) is 12.4 Å². The number of hydrazine groups is 1. The molecule has 0 atom stereocenters. The first-order valence-electron chi connectivity index (χ1n) is 5.80. The zero-order chi connectivity index (χ0) is 15.6. The largest absolute Gasteiger partial charge is 0.484 e. The van der Waals surface area contributed by atoms with Crippen LogP contribution in [-0.2, 0) is 6.61 Å². The van der Waals surface area contributed by atoms with E-state index in [0.29, 0.717) is 31.6 Å². The number of hydrogen-bond donors (Lipinski definition) is 2. The van der Waals surface area contributed by atoms with Crippen LogP contribution in [0.15, 0.2) is 27.1 Å². The van der Waals surface area contributed by atoms with Crippen molar-refractivity contribution in [3.63, 3.8) is 0 Å². The minimum Gasteiger partial charge on any atom is -0.484 e. The van der Waals surface area contributed by atoms with Gasteiger partial charge in [0.05, 0.1) is 10.0 Å². The van der Waals surface area contributed by atoms with Gasteiger partial charge in [-0.25, -0.2) is 5.84 Å². The van der Waals surface area contributed by atoms with E-state index in [4.69, 9.17) is 38.2 Å². The molecule has 0 aliphatic rings. The molecule has 0 saturated carbocycles. The van der Waals surface area contributed by atoms with Crippen LogP contribution in [0.1, 0.15) is 21.9 Å². The van der Waals surface area contributed by atoms with Gasteiger partial charge in [-0.05, 0) is 35.0 Å². The van der Waals surface area contributed by atoms with E-state index < -0.39 is 5.91 Å². The second-order valence-electron chi connectivity index (χ2n) is 4.18. The minimum absolute atomic E-state index is 0.108. The highest BCUT2D eigenvalue weighted by Gasteiger charge is 2.15. The molecule has 1 aromatic carbocycles. The van der Waals surface area contributed by atoms with E-state index >= 15 is 0 Å². The molecule has 0 saturated heterocycles. The predicted molar refractivity (Wildman–Crippen MR) is 83.6 cm³/mol. The van der Waals surface area contributed by atoms with Crippen LogP contribution >= 0.6 is 39.1 Å². The molecule has 8 heteroatoms. The lowest BCUT2D eigenvalue weighted by Gasteiger charge is -2.08. The van der Waals surface area contributed by atoms with Gasteiger partial charge in [0.2, 0.25) is 0 Å². The summed E-state index contributed by atoms with van der Waals surface area (Å²) < 4.78 is 11.6. The van der Waals surface area contributed by atoms with E-state index in [9.17, 15) is 4.79 Å². The van der Waals surface area contributed by atoms with E-state index in [1.165, 1.54) is 0 Å². The fourth-order valence-corrected chi connectivity index (χ4v) is 2.52. The number of carbonyl (C=O) groups excluding carboxylic acids is 1. The summed E-state index contributed by atoms with van der Waals surface area (Å²) >= 11 is 15.3. The van der Waals surface area contributed by atoms with E-state index in [1.54, 1.807) is 25.1 Å². The highest BCUT2D eigenvalue weighted by Crippen LogP contribution is 2.34. The van der Waals surface area contributed by atoms with Gasteiger partial charge in [0.25, 0.3) is 0 Å². The first-order valence-corrected chi connectivity index (χ1v) is 7.35. The van der Waals surface area contributed by atoms with Crippen molar-refractivity contribution in [2.45, 2.75) is 13.5 Å². The van der Waals surface area contributed by atoms with Crippen LogP contribution < -0.4 is 16.0 Å². The highest BCUT2D eigenvalue weighted by molar-refractivity contribution is 9.10. The van der Waals surface area contributed by atoms with Crippen molar-refractivity contribution >= 4 is 45.0 Å². The number of nitrogens with two attached hydrogens (primary N) is 1. The Balaban J connectivity index is 2.14. The molecule has 21 heavy (non-hydrogen) atoms. The quantitative estimate of drug-likeness (QED) is 0.358. The molecule has 1 amide bonds. The number of nitrogens with one attached hydrogen (secondary N) is 1. The van der Waals surface area contributed by atoms with Crippen LogP contribution in [0.3, 0.4) is 0 Å². The van der Waals surface area contributed by atoms with Crippen molar-refractivity contribution in [2.75, 3.05) is 0 Å². The fraction of sp³-hybridized carbons (Fsp3) is 0.154. The highest BCUT2D eigenvalue weighted by atomic mass is 79.9. The van der Waals surface area contributed by atoms with Crippen LogP contribution in [-0.4, -0.2) is 5.91 Å². The number of nitrogen functional groups attached to an aromatic ring is 1. The smallest absolute Gasteiger partial charge is 0.301 e. The standard InChI is InChI=1S/C13H11BrCl2N2O3/c1-6-2-7(21-12(6)13(19)18-17)5-20-11-4-9(15)8(14)3-10(11)16/h2-4H,5,17H2,1H3,(H,18,19). The summed E-state index contributed by atoms with van der Waals surface area (Å²) in [5.74, 6) is 5.62. The van der Waals surface area contributed by atoms with Crippen LogP contribution in [0, 0.1) is 6.92 Å². The number of hydrogen-bond acceptors (Lipinski definition) is 4. The Labute approximate surface area is 139 Å². The van der Waals surface area contributed by atoms with Crippen molar-refractivity contribution in [3.8, 4) is 5.75 Å². The summed E-state index contributed by atoms with van der Waals surface area (Å²) in [4.78, 5) is 11.4. The number of carbonyl (C=O) groups is 1. The van der Waals surface area contributed by atoms with Crippen LogP contribution in [0.25, 0.3) is 0 Å². The number of benzene rings is 1. The van der Waals surface area contributed by atoms with Gasteiger partial charge in [0, 0.05) is 16.1 Å². The molecule has 3 N–H and O–H groups in total. The van der Waals surface area contributed by atoms with Gasteiger partial charge in [0.15, 0.2) is 5.76 Å². The Morgan fingerprint density at radius 1 is 1.38 bits per heavy atom. The maximum atomic E-state index is 11.4. The molecule has 0 aliphatic carbocycles. The molecule has 0 radical (unpaired) electrons.